The van der Waals surface area contributed by atoms with Crippen LogP contribution in [0.2, 0.25) is 0 Å². The van der Waals surface area contributed by atoms with Gasteiger partial charge in [0.15, 0.2) is 16.6 Å². The minimum Gasteiger partial charge on any atom is -0.0699 e. The largest absolute Gasteiger partial charge is 0.223 e. The van der Waals surface area contributed by atoms with E-state index in [0.29, 0.717) is 0 Å². The zero-order valence-corrected chi connectivity index (χ0v) is 6.89. The van der Waals surface area contributed by atoms with Crippen molar-refractivity contribution in [3.05, 3.63) is 0 Å². The molecule has 0 bridgehead atoms. The Morgan fingerprint density at radius 1 is 1.62 bits per heavy atom. The van der Waals surface area contributed by atoms with Crippen LogP contribution in [0.1, 0.15) is 20.3 Å². The van der Waals surface area contributed by atoms with Gasteiger partial charge in [-0.3, -0.25) is 0 Å². The Hall–Kier alpha value is 0.440. The molecule has 0 unspecified atom stereocenters. The van der Waals surface area contributed by atoms with Gasteiger partial charge in [-0.15, -0.1) is 0 Å². The van der Waals surface area contributed by atoms with Crippen LogP contribution in [0, 0.1) is 0 Å². The molecule has 0 radical (unpaired) electrons. The van der Waals surface area contributed by atoms with Crippen LogP contribution < -0.4 is 0 Å². The molecule has 0 fully saturated rings. The highest BCUT2D eigenvalue weighted by Crippen LogP contribution is 2.18. The highest BCUT2D eigenvalue weighted by atomic mass is 32.2. The maximum absolute atomic E-state index is 2.29. The molecule has 2 heteroatoms. The minimum atomic E-state index is 0.853. The predicted molar refractivity (Wildman–Crippen MR) is 44.6 cm³/mol. The van der Waals surface area contributed by atoms with E-state index in [1.54, 1.807) is 0 Å². The van der Waals surface area contributed by atoms with Gasteiger partial charge in [-0.25, -0.2) is 0 Å². The fourth-order valence-electron chi connectivity index (χ4n) is 0.800. The lowest BCUT2D eigenvalue weighted by molar-refractivity contribution is 0.807. The monoisotopic (exact) mass is 147 g/mol. The molecular formula is C6H11S2+. The first-order chi connectivity index (χ1) is 3.79. The normalized spacial score (nSPS) is 37.8. The summed E-state index contributed by atoms with van der Waals surface area (Å²) in [6.45, 7) is 4.58. The van der Waals surface area contributed by atoms with Crippen molar-refractivity contribution in [1.29, 1.82) is 0 Å². The fourth-order valence-corrected chi connectivity index (χ4v) is 3.50. The van der Waals surface area contributed by atoms with Crippen LogP contribution in [0.3, 0.4) is 0 Å². The predicted octanol–water partition coefficient (Wildman–Crippen LogP) is 1.74. The van der Waals surface area contributed by atoms with E-state index in [0.717, 1.165) is 10.5 Å². The average Bonchev–Trinajstić information content (AvgIpc) is 1.64. The number of hydrogen-bond acceptors (Lipinski definition) is 1. The Balaban J connectivity index is 2.42. The van der Waals surface area contributed by atoms with Crippen molar-refractivity contribution in [3.63, 3.8) is 0 Å². The van der Waals surface area contributed by atoms with E-state index in [2.05, 4.69) is 18.5 Å². The Bertz CT molecular complexity index is 98.7. The zero-order valence-electron chi connectivity index (χ0n) is 5.26. The van der Waals surface area contributed by atoms with Gasteiger partial charge in [-0.05, 0) is 6.92 Å². The minimum absolute atomic E-state index is 0.853. The van der Waals surface area contributed by atoms with Crippen LogP contribution >= 0.6 is 11.8 Å². The second-order valence-corrected chi connectivity index (χ2v) is 5.15. The Morgan fingerprint density at radius 3 is 2.75 bits per heavy atom. The summed E-state index contributed by atoms with van der Waals surface area (Å²) in [5.74, 6) is 0. The third-order valence-electron chi connectivity index (χ3n) is 1.24. The van der Waals surface area contributed by atoms with E-state index >= 15 is 0 Å². The molecule has 46 valence electrons. The molecule has 8 heavy (non-hydrogen) atoms. The summed E-state index contributed by atoms with van der Waals surface area (Å²) < 4.78 is 2.26. The molecule has 0 aromatic carbocycles. The van der Waals surface area contributed by atoms with Gasteiger partial charge < -0.3 is 0 Å². The van der Waals surface area contributed by atoms with Crippen LogP contribution in [-0.2, 0) is 11.4 Å². The maximum atomic E-state index is 2.29. The molecular weight excluding hydrogens is 136 g/mol. The summed E-state index contributed by atoms with van der Waals surface area (Å²) in [7, 11) is 0. The SMILES string of the molecule is C[C@@H]1C[C@H](C)[S+]=CS1. The lowest BCUT2D eigenvalue weighted by Gasteiger charge is -2.06. The van der Waals surface area contributed by atoms with E-state index in [1.807, 2.05) is 23.1 Å². The van der Waals surface area contributed by atoms with Gasteiger partial charge in [-0.2, -0.15) is 0 Å². The molecule has 0 saturated heterocycles. The first kappa shape index (κ1) is 6.56. The first-order valence-corrected chi connectivity index (χ1v) is 4.80. The molecule has 1 rings (SSSR count). The van der Waals surface area contributed by atoms with Crippen LogP contribution in [0.5, 0.6) is 0 Å². The van der Waals surface area contributed by atoms with E-state index in [9.17, 15) is 0 Å². The van der Waals surface area contributed by atoms with Crippen molar-refractivity contribution in [2.45, 2.75) is 30.8 Å². The molecule has 1 aliphatic rings. The topological polar surface area (TPSA) is 0 Å². The standard InChI is InChI=1S/C6H11S2/c1-5-3-6(2)8-4-7-5/h4-6H,3H2,1-2H3/q+1/t5-,6+. The van der Waals surface area contributed by atoms with Crippen molar-refractivity contribution >= 4 is 27.8 Å². The molecule has 0 aliphatic carbocycles. The Kier molecular flexibility index (Phi) is 2.32. The lowest BCUT2D eigenvalue weighted by atomic mass is 10.3. The summed E-state index contributed by atoms with van der Waals surface area (Å²) in [4.78, 5) is 0. The van der Waals surface area contributed by atoms with Gasteiger partial charge in [-0.1, -0.05) is 18.7 Å². The molecule has 0 nitrogen and oxygen atoms in total. The Morgan fingerprint density at radius 2 is 2.38 bits per heavy atom. The molecule has 0 N–H and O–H groups in total. The average molecular weight is 147 g/mol. The number of hydrogen-bond donors (Lipinski definition) is 0. The van der Waals surface area contributed by atoms with Gasteiger partial charge in [0.05, 0.1) is 0 Å². The summed E-state index contributed by atoms with van der Waals surface area (Å²) in [6, 6.07) is 0. The molecule has 0 amide bonds. The van der Waals surface area contributed by atoms with E-state index in [1.165, 1.54) is 6.42 Å². The first-order valence-electron chi connectivity index (χ1n) is 2.91. The van der Waals surface area contributed by atoms with Crippen LogP contribution in [0.25, 0.3) is 0 Å². The molecule has 1 aliphatic heterocycles. The molecule has 0 spiro atoms. The maximum Gasteiger partial charge on any atom is 0.223 e. The van der Waals surface area contributed by atoms with Gasteiger partial charge in [0.2, 0.25) is 4.70 Å². The van der Waals surface area contributed by atoms with Crippen LogP contribution in [-0.4, -0.2) is 15.2 Å². The second kappa shape index (κ2) is 2.83. The third kappa shape index (κ3) is 1.75. The van der Waals surface area contributed by atoms with Crippen LogP contribution in [0.4, 0.5) is 0 Å². The molecule has 0 saturated carbocycles. The van der Waals surface area contributed by atoms with Crippen molar-refractivity contribution in [2.24, 2.45) is 0 Å². The van der Waals surface area contributed by atoms with Crippen molar-refractivity contribution in [2.75, 3.05) is 0 Å². The zero-order chi connectivity index (χ0) is 5.98. The van der Waals surface area contributed by atoms with Gasteiger partial charge >= 0.3 is 0 Å². The van der Waals surface area contributed by atoms with Crippen LogP contribution in [0.15, 0.2) is 0 Å². The summed E-state index contributed by atoms with van der Waals surface area (Å²) in [6.07, 6.45) is 1.37. The molecule has 2 atom stereocenters. The molecule has 0 aromatic heterocycles. The fraction of sp³-hybridized carbons (Fsp3) is 0.833. The molecule has 1 heterocycles. The summed E-state index contributed by atoms with van der Waals surface area (Å²) in [5.41, 5.74) is 0. The highest BCUT2D eigenvalue weighted by molar-refractivity contribution is 8.21. The Labute approximate surface area is 59.0 Å². The number of thioether (sulfide) groups is 1. The van der Waals surface area contributed by atoms with Gasteiger partial charge in [0, 0.05) is 11.7 Å². The highest BCUT2D eigenvalue weighted by Gasteiger charge is 2.20. The van der Waals surface area contributed by atoms with Crippen molar-refractivity contribution in [3.8, 4) is 0 Å². The van der Waals surface area contributed by atoms with Gasteiger partial charge in [0.25, 0.3) is 0 Å². The van der Waals surface area contributed by atoms with Crippen molar-refractivity contribution in [1.82, 2.24) is 0 Å². The van der Waals surface area contributed by atoms with Crippen molar-refractivity contribution < 1.29 is 0 Å². The molecule has 0 aromatic rings. The smallest absolute Gasteiger partial charge is 0.0699 e. The third-order valence-corrected chi connectivity index (χ3v) is 3.44. The van der Waals surface area contributed by atoms with E-state index in [4.69, 9.17) is 0 Å². The lowest BCUT2D eigenvalue weighted by Crippen LogP contribution is -2.13. The summed E-state index contributed by atoms with van der Waals surface area (Å²) >= 11 is 3.92. The van der Waals surface area contributed by atoms with E-state index < -0.39 is 0 Å². The van der Waals surface area contributed by atoms with Gasteiger partial charge in [0.1, 0.15) is 0 Å². The van der Waals surface area contributed by atoms with E-state index in [-0.39, 0.29) is 0 Å². The quantitative estimate of drug-likeness (QED) is 0.371. The number of rotatable bonds is 0. The second-order valence-electron chi connectivity index (χ2n) is 2.23. The summed E-state index contributed by atoms with van der Waals surface area (Å²) in [5, 5.41) is 1.71.